The van der Waals surface area contributed by atoms with Crippen LogP contribution in [0, 0.1) is 0 Å². The van der Waals surface area contributed by atoms with Crippen molar-refractivity contribution in [1.82, 2.24) is 0 Å². The van der Waals surface area contributed by atoms with Gasteiger partial charge in [-0.3, -0.25) is 4.79 Å². The molecule has 0 aliphatic carbocycles. The quantitative estimate of drug-likeness (QED) is 0.565. The number of methoxy groups -OCH3 is 2. The number of rotatable bonds is 7. The second kappa shape index (κ2) is 9.12. The Kier molecular flexibility index (Phi) is 6.86. The Morgan fingerprint density at radius 1 is 1.11 bits per heavy atom. The van der Waals surface area contributed by atoms with Crippen molar-refractivity contribution >= 4 is 17.3 Å². The van der Waals surface area contributed by atoms with Gasteiger partial charge in [0, 0.05) is 17.3 Å². The van der Waals surface area contributed by atoms with Crippen LogP contribution >= 0.6 is 0 Å². The Morgan fingerprint density at radius 3 is 2.50 bits per heavy atom. The molecule has 0 spiro atoms. The SMILES string of the molecule is COc1ccc(/C(C)=N\OCC(=O)Nc2cccc(C(F)(F)F)c2)c(OC)c1. The van der Waals surface area contributed by atoms with Crippen molar-refractivity contribution in [1.29, 1.82) is 0 Å². The van der Waals surface area contributed by atoms with Crippen molar-refractivity contribution in [2.75, 3.05) is 26.1 Å². The van der Waals surface area contributed by atoms with E-state index in [4.69, 9.17) is 14.3 Å². The second-order valence-electron chi connectivity index (χ2n) is 5.64. The Hall–Kier alpha value is -3.23. The molecule has 0 saturated carbocycles. The van der Waals surface area contributed by atoms with Gasteiger partial charge in [-0.15, -0.1) is 0 Å². The summed E-state index contributed by atoms with van der Waals surface area (Å²) in [5, 5.41) is 6.18. The van der Waals surface area contributed by atoms with E-state index in [0.717, 1.165) is 12.1 Å². The molecule has 1 amide bonds. The van der Waals surface area contributed by atoms with Crippen molar-refractivity contribution in [2.45, 2.75) is 13.1 Å². The highest BCUT2D eigenvalue weighted by Gasteiger charge is 2.30. The van der Waals surface area contributed by atoms with Crippen LogP contribution < -0.4 is 14.8 Å². The first-order chi connectivity index (χ1) is 13.2. The largest absolute Gasteiger partial charge is 0.497 e. The van der Waals surface area contributed by atoms with Gasteiger partial charge in [0.05, 0.1) is 25.5 Å². The highest BCUT2D eigenvalue weighted by molar-refractivity contribution is 6.01. The zero-order valence-corrected chi connectivity index (χ0v) is 15.5. The molecule has 0 radical (unpaired) electrons. The van der Waals surface area contributed by atoms with Crippen LogP contribution in [0.1, 0.15) is 18.1 Å². The van der Waals surface area contributed by atoms with E-state index in [1.165, 1.54) is 26.4 Å². The van der Waals surface area contributed by atoms with Gasteiger partial charge in [-0.2, -0.15) is 13.2 Å². The maximum atomic E-state index is 12.7. The number of halogens is 3. The number of hydrogen-bond donors (Lipinski definition) is 1. The lowest BCUT2D eigenvalue weighted by Crippen LogP contribution is -2.18. The van der Waals surface area contributed by atoms with E-state index in [-0.39, 0.29) is 5.69 Å². The van der Waals surface area contributed by atoms with Gasteiger partial charge in [-0.25, -0.2) is 0 Å². The van der Waals surface area contributed by atoms with Crippen LogP contribution in [0.3, 0.4) is 0 Å². The van der Waals surface area contributed by atoms with E-state index < -0.39 is 24.3 Å². The van der Waals surface area contributed by atoms with Gasteiger partial charge in [0.1, 0.15) is 11.5 Å². The Labute approximate surface area is 159 Å². The summed E-state index contributed by atoms with van der Waals surface area (Å²) in [4.78, 5) is 16.9. The molecule has 9 heteroatoms. The first kappa shape index (κ1) is 21.1. The molecule has 0 unspecified atom stereocenters. The number of nitrogens with zero attached hydrogens (tertiary/aromatic N) is 1. The summed E-state index contributed by atoms with van der Waals surface area (Å²) < 4.78 is 48.5. The molecule has 2 aromatic carbocycles. The lowest BCUT2D eigenvalue weighted by atomic mass is 10.1. The monoisotopic (exact) mass is 396 g/mol. The average Bonchev–Trinajstić information content (AvgIpc) is 2.66. The normalized spacial score (nSPS) is 11.7. The average molecular weight is 396 g/mol. The highest BCUT2D eigenvalue weighted by atomic mass is 19.4. The molecule has 2 rings (SSSR count). The van der Waals surface area contributed by atoms with Crippen LogP contribution in [0.4, 0.5) is 18.9 Å². The van der Waals surface area contributed by atoms with Gasteiger partial charge in [-0.1, -0.05) is 11.2 Å². The third-order valence-corrected chi connectivity index (χ3v) is 3.67. The molecular formula is C19H19F3N2O4. The first-order valence-corrected chi connectivity index (χ1v) is 8.10. The molecule has 6 nitrogen and oxygen atoms in total. The van der Waals surface area contributed by atoms with Crippen molar-refractivity contribution in [3.8, 4) is 11.5 Å². The van der Waals surface area contributed by atoms with E-state index in [1.54, 1.807) is 25.1 Å². The third kappa shape index (κ3) is 5.63. The summed E-state index contributed by atoms with van der Waals surface area (Å²) in [7, 11) is 3.02. The number of oxime groups is 1. The molecule has 0 fully saturated rings. The van der Waals surface area contributed by atoms with E-state index in [2.05, 4.69) is 10.5 Å². The van der Waals surface area contributed by atoms with E-state index in [9.17, 15) is 18.0 Å². The second-order valence-corrected chi connectivity index (χ2v) is 5.64. The Morgan fingerprint density at radius 2 is 1.86 bits per heavy atom. The van der Waals surface area contributed by atoms with Gasteiger partial charge < -0.3 is 19.6 Å². The van der Waals surface area contributed by atoms with E-state index in [1.807, 2.05) is 0 Å². The fourth-order valence-corrected chi connectivity index (χ4v) is 2.30. The highest BCUT2D eigenvalue weighted by Crippen LogP contribution is 2.30. The Bertz CT molecular complexity index is 866. The maximum Gasteiger partial charge on any atom is 0.416 e. The third-order valence-electron chi connectivity index (χ3n) is 3.67. The van der Waals surface area contributed by atoms with Crippen LogP contribution in [-0.4, -0.2) is 32.4 Å². The van der Waals surface area contributed by atoms with Crippen molar-refractivity contribution in [3.63, 3.8) is 0 Å². The molecule has 0 aromatic heterocycles. The van der Waals surface area contributed by atoms with Crippen molar-refractivity contribution < 1.29 is 32.3 Å². The number of anilines is 1. The number of hydrogen-bond acceptors (Lipinski definition) is 5. The fourth-order valence-electron chi connectivity index (χ4n) is 2.30. The molecule has 2 aromatic rings. The van der Waals surface area contributed by atoms with Crippen LogP contribution in [0.25, 0.3) is 0 Å². The molecule has 0 saturated heterocycles. The van der Waals surface area contributed by atoms with Gasteiger partial charge in [0.2, 0.25) is 0 Å². The van der Waals surface area contributed by atoms with Crippen molar-refractivity contribution in [3.05, 3.63) is 53.6 Å². The van der Waals surface area contributed by atoms with Gasteiger partial charge in [0.15, 0.2) is 6.61 Å². The van der Waals surface area contributed by atoms with Crippen LogP contribution in [-0.2, 0) is 15.8 Å². The lowest BCUT2D eigenvalue weighted by molar-refractivity contribution is -0.137. The topological polar surface area (TPSA) is 69.2 Å². The minimum atomic E-state index is -4.49. The smallest absolute Gasteiger partial charge is 0.416 e. The summed E-state index contributed by atoms with van der Waals surface area (Å²) in [6, 6.07) is 9.44. The molecule has 0 aliphatic rings. The number of nitrogens with one attached hydrogen (secondary N) is 1. The molecular weight excluding hydrogens is 377 g/mol. The minimum absolute atomic E-state index is 0.0148. The Balaban J connectivity index is 1.98. The number of carbonyl (C=O) groups excluding carboxylic acids is 1. The van der Waals surface area contributed by atoms with Gasteiger partial charge >= 0.3 is 6.18 Å². The number of carbonyl (C=O) groups is 1. The summed E-state index contributed by atoms with van der Waals surface area (Å²) in [5.41, 5.74) is 0.251. The standard InChI is InChI=1S/C19H19F3N2O4/c1-12(16-8-7-15(26-2)10-17(16)27-3)24-28-11-18(25)23-14-6-4-5-13(9-14)19(20,21)22/h4-10H,11H2,1-3H3,(H,23,25)/b24-12-. The van der Waals surface area contributed by atoms with Crippen LogP contribution in [0.2, 0.25) is 0 Å². The summed E-state index contributed by atoms with van der Waals surface area (Å²) >= 11 is 0. The zero-order valence-electron chi connectivity index (χ0n) is 15.5. The number of alkyl halides is 3. The molecule has 0 atom stereocenters. The zero-order chi connectivity index (χ0) is 20.7. The summed E-state index contributed by atoms with van der Waals surface area (Å²) in [6.07, 6.45) is -4.49. The summed E-state index contributed by atoms with van der Waals surface area (Å²) in [6.45, 7) is 1.20. The summed E-state index contributed by atoms with van der Waals surface area (Å²) in [5.74, 6) is 0.477. The van der Waals surface area contributed by atoms with Crippen molar-refractivity contribution in [2.24, 2.45) is 5.16 Å². The molecule has 28 heavy (non-hydrogen) atoms. The predicted octanol–water partition coefficient (Wildman–Crippen LogP) is 4.10. The number of ether oxygens (including phenoxy) is 2. The molecule has 0 aliphatic heterocycles. The maximum absolute atomic E-state index is 12.7. The van der Waals surface area contributed by atoms with E-state index >= 15 is 0 Å². The number of amides is 1. The molecule has 0 bridgehead atoms. The molecule has 150 valence electrons. The van der Waals surface area contributed by atoms with Gasteiger partial charge in [-0.05, 0) is 37.3 Å². The van der Waals surface area contributed by atoms with E-state index in [0.29, 0.717) is 22.8 Å². The fraction of sp³-hybridized carbons (Fsp3) is 0.263. The van der Waals surface area contributed by atoms with Crippen LogP contribution in [0.5, 0.6) is 11.5 Å². The first-order valence-electron chi connectivity index (χ1n) is 8.10. The predicted molar refractivity (Wildman–Crippen MR) is 97.8 cm³/mol. The van der Waals surface area contributed by atoms with Crippen LogP contribution in [0.15, 0.2) is 47.6 Å². The lowest BCUT2D eigenvalue weighted by Gasteiger charge is -2.11. The number of benzene rings is 2. The van der Waals surface area contributed by atoms with Gasteiger partial charge in [0.25, 0.3) is 5.91 Å². The minimum Gasteiger partial charge on any atom is -0.497 e. The molecule has 1 N–H and O–H groups in total. The molecule has 0 heterocycles.